The molecule has 0 saturated carbocycles. The van der Waals surface area contributed by atoms with Crippen molar-refractivity contribution in [2.24, 2.45) is 7.05 Å². The average Bonchev–Trinajstić information content (AvgIpc) is 2.57. The van der Waals surface area contributed by atoms with Crippen LogP contribution in [0.5, 0.6) is 5.75 Å². The molecular weight excluding hydrogens is 337 g/mol. The van der Waals surface area contributed by atoms with Gasteiger partial charge in [0.1, 0.15) is 5.75 Å². The topological polar surface area (TPSA) is 61.2 Å². The minimum atomic E-state index is -4.92. The molecule has 0 aliphatic carbocycles. The summed E-state index contributed by atoms with van der Waals surface area (Å²) in [6, 6.07) is 5.45. The molecule has 1 aromatic carbocycles. The Morgan fingerprint density at radius 2 is 1.96 bits per heavy atom. The molecule has 3 aromatic rings. The molecule has 0 spiro atoms. The summed E-state index contributed by atoms with van der Waals surface area (Å²) < 4.78 is 43.0. The van der Waals surface area contributed by atoms with Gasteiger partial charge >= 0.3 is 6.36 Å². The number of benzene rings is 1. The van der Waals surface area contributed by atoms with E-state index in [4.69, 9.17) is 0 Å². The van der Waals surface area contributed by atoms with Crippen LogP contribution in [0.15, 0.2) is 47.7 Å². The number of ether oxygens (including phenoxy) is 1. The van der Waals surface area contributed by atoms with Crippen molar-refractivity contribution in [1.29, 1.82) is 0 Å². The van der Waals surface area contributed by atoms with Gasteiger partial charge in [0.2, 0.25) is 0 Å². The number of aromatic nitrogens is 2. The molecule has 0 saturated heterocycles. The zero-order chi connectivity index (χ0) is 18.2. The molecule has 8 heteroatoms. The van der Waals surface area contributed by atoms with Crippen LogP contribution in [0.2, 0.25) is 0 Å². The van der Waals surface area contributed by atoms with Gasteiger partial charge in [-0.05, 0) is 29.1 Å². The molecule has 25 heavy (non-hydrogen) atoms. The zero-order valence-electron chi connectivity index (χ0n) is 12.9. The second-order valence-corrected chi connectivity index (χ2v) is 5.30. The fraction of sp³-hybridized carbons (Fsp3) is 0.118. The monoisotopic (exact) mass is 348 g/mol. The Kier molecular flexibility index (Phi) is 4.03. The molecule has 0 unspecified atom stereocenters. The Morgan fingerprint density at radius 3 is 2.64 bits per heavy atom. The first-order chi connectivity index (χ1) is 11.8. The number of alkyl halides is 3. The van der Waals surface area contributed by atoms with E-state index in [-0.39, 0.29) is 17.4 Å². The summed E-state index contributed by atoms with van der Waals surface area (Å²) in [7, 11) is 1.53. The second kappa shape index (κ2) is 6.04. The van der Waals surface area contributed by atoms with E-state index in [1.54, 1.807) is 6.07 Å². The zero-order valence-corrected chi connectivity index (χ0v) is 12.9. The summed E-state index contributed by atoms with van der Waals surface area (Å²) in [6.07, 6.45) is -0.246. The van der Waals surface area contributed by atoms with Crippen LogP contribution in [0.1, 0.15) is 10.4 Å². The molecule has 0 N–H and O–H groups in total. The Morgan fingerprint density at radius 1 is 1.20 bits per heavy atom. The maximum absolute atomic E-state index is 12.6. The van der Waals surface area contributed by atoms with Gasteiger partial charge < -0.3 is 9.30 Å². The summed E-state index contributed by atoms with van der Waals surface area (Å²) in [6.45, 7) is 0. The van der Waals surface area contributed by atoms with E-state index in [1.165, 1.54) is 42.3 Å². The predicted octanol–water partition coefficient (Wildman–Crippen LogP) is 3.31. The molecule has 2 heterocycles. The number of halogens is 3. The fourth-order valence-electron chi connectivity index (χ4n) is 2.55. The molecule has 3 rings (SSSR count). The van der Waals surface area contributed by atoms with Gasteiger partial charge in [0.15, 0.2) is 6.29 Å². The third-order valence-corrected chi connectivity index (χ3v) is 3.66. The number of nitrogens with zero attached hydrogens (tertiary/aromatic N) is 2. The highest BCUT2D eigenvalue weighted by Gasteiger charge is 2.32. The number of carbonyl (C=O) groups excluding carboxylic acids is 1. The second-order valence-electron chi connectivity index (χ2n) is 5.30. The highest BCUT2D eigenvalue weighted by molar-refractivity contribution is 5.96. The molecule has 5 nitrogen and oxygen atoms in total. The fourth-order valence-corrected chi connectivity index (χ4v) is 2.55. The van der Waals surface area contributed by atoms with Gasteiger partial charge in [-0.2, -0.15) is 0 Å². The molecule has 2 aromatic heterocycles. The van der Waals surface area contributed by atoms with Gasteiger partial charge in [-0.15, -0.1) is 13.2 Å². The first-order valence-electron chi connectivity index (χ1n) is 7.09. The summed E-state index contributed by atoms with van der Waals surface area (Å²) >= 11 is 0. The quantitative estimate of drug-likeness (QED) is 0.682. The van der Waals surface area contributed by atoms with Crippen molar-refractivity contribution in [2.45, 2.75) is 6.36 Å². The number of fused-ring (bicyclic) bond motifs is 1. The van der Waals surface area contributed by atoms with Crippen LogP contribution < -0.4 is 10.3 Å². The molecule has 0 aliphatic heterocycles. The maximum atomic E-state index is 12.6. The first kappa shape index (κ1) is 16.7. The number of rotatable bonds is 3. The largest absolute Gasteiger partial charge is 0.573 e. The van der Waals surface area contributed by atoms with Crippen LogP contribution in [-0.4, -0.2) is 22.2 Å². The van der Waals surface area contributed by atoms with Crippen molar-refractivity contribution < 1.29 is 22.7 Å². The van der Waals surface area contributed by atoms with E-state index in [0.29, 0.717) is 21.9 Å². The first-order valence-corrected chi connectivity index (χ1v) is 7.09. The number of aryl methyl sites for hydroxylation is 1. The number of pyridine rings is 2. The lowest BCUT2D eigenvalue weighted by atomic mass is 10.00. The van der Waals surface area contributed by atoms with Crippen molar-refractivity contribution in [2.75, 3.05) is 0 Å². The van der Waals surface area contributed by atoms with Crippen molar-refractivity contribution in [3.63, 3.8) is 0 Å². The van der Waals surface area contributed by atoms with Gasteiger partial charge in [-0.3, -0.25) is 14.6 Å². The molecule has 0 radical (unpaired) electrons. The summed E-state index contributed by atoms with van der Waals surface area (Å²) in [5, 5.41) is 0.871. The number of aldehydes is 1. The number of carbonyl (C=O) groups is 1. The Bertz CT molecular complexity index is 1030. The molecular formula is C17H11F3N2O3. The van der Waals surface area contributed by atoms with Crippen LogP contribution in [-0.2, 0) is 7.05 Å². The molecule has 0 atom stereocenters. The van der Waals surface area contributed by atoms with Crippen molar-refractivity contribution in [1.82, 2.24) is 9.55 Å². The molecule has 128 valence electrons. The summed E-state index contributed by atoms with van der Waals surface area (Å²) in [4.78, 5) is 27.1. The third kappa shape index (κ3) is 3.23. The number of hydrogen-bond donors (Lipinski definition) is 0. The van der Waals surface area contributed by atoms with E-state index >= 15 is 0 Å². The number of hydrogen-bond acceptors (Lipinski definition) is 4. The maximum Gasteiger partial charge on any atom is 0.573 e. The lowest BCUT2D eigenvalue weighted by Crippen LogP contribution is -2.18. The van der Waals surface area contributed by atoms with Gasteiger partial charge in [0.25, 0.3) is 5.56 Å². The van der Waals surface area contributed by atoms with Crippen LogP contribution in [0.25, 0.3) is 21.9 Å². The third-order valence-electron chi connectivity index (χ3n) is 3.66. The standard InChI is InChI=1S/C17H11F3N2O3/c1-22-8-14(12-4-5-21-7-13(12)16(22)24)10-2-3-11(9-23)15(6-10)25-17(18,19)20/h2-9H,1H3. The van der Waals surface area contributed by atoms with E-state index in [1.807, 2.05) is 0 Å². The minimum Gasteiger partial charge on any atom is -0.405 e. The van der Waals surface area contributed by atoms with Crippen LogP contribution in [0, 0.1) is 0 Å². The van der Waals surface area contributed by atoms with E-state index in [0.717, 1.165) is 6.07 Å². The molecule has 0 bridgehead atoms. The van der Waals surface area contributed by atoms with Gasteiger partial charge in [0.05, 0.1) is 10.9 Å². The Balaban J connectivity index is 2.25. The van der Waals surface area contributed by atoms with Crippen LogP contribution in [0.4, 0.5) is 13.2 Å². The lowest BCUT2D eigenvalue weighted by Gasteiger charge is -2.14. The van der Waals surface area contributed by atoms with Gasteiger partial charge in [0, 0.05) is 31.2 Å². The summed E-state index contributed by atoms with van der Waals surface area (Å²) in [5.74, 6) is -0.601. The normalized spacial score (nSPS) is 11.5. The SMILES string of the molecule is Cn1cc(-c2ccc(C=O)c(OC(F)(F)F)c2)c2ccncc2c1=O. The van der Waals surface area contributed by atoms with Gasteiger partial charge in [-0.25, -0.2) is 0 Å². The summed E-state index contributed by atoms with van der Waals surface area (Å²) in [5.41, 5.74) is 0.389. The molecule has 0 aliphatic rings. The van der Waals surface area contributed by atoms with E-state index in [2.05, 4.69) is 9.72 Å². The van der Waals surface area contributed by atoms with Crippen molar-refractivity contribution in [3.05, 3.63) is 58.8 Å². The Labute approximate surface area is 139 Å². The highest BCUT2D eigenvalue weighted by Crippen LogP contribution is 2.33. The van der Waals surface area contributed by atoms with Crippen molar-refractivity contribution in [3.8, 4) is 16.9 Å². The van der Waals surface area contributed by atoms with E-state index in [9.17, 15) is 22.8 Å². The lowest BCUT2D eigenvalue weighted by molar-refractivity contribution is -0.274. The molecule has 0 fully saturated rings. The minimum absolute atomic E-state index is 0.225. The molecule has 0 amide bonds. The van der Waals surface area contributed by atoms with Crippen molar-refractivity contribution >= 4 is 17.1 Å². The highest BCUT2D eigenvalue weighted by atomic mass is 19.4. The van der Waals surface area contributed by atoms with Crippen LogP contribution >= 0.6 is 0 Å². The predicted molar refractivity (Wildman–Crippen MR) is 84.5 cm³/mol. The van der Waals surface area contributed by atoms with E-state index < -0.39 is 12.1 Å². The Hall–Kier alpha value is -3.16. The van der Waals surface area contributed by atoms with Gasteiger partial charge in [-0.1, -0.05) is 6.07 Å². The average molecular weight is 348 g/mol. The van der Waals surface area contributed by atoms with Crippen LogP contribution in [0.3, 0.4) is 0 Å². The smallest absolute Gasteiger partial charge is 0.405 e.